The van der Waals surface area contributed by atoms with Gasteiger partial charge >= 0.3 is 0 Å². The lowest BCUT2D eigenvalue weighted by molar-refractivity contribution is 1.10. The summed E-state index contributed by atoms with van der Waals surface area (Å²) in [5.41, 5.74) is 6.49. The molecule has 2 rings (SSSR count). The smallest absolute Gasteiger partial charge is 0.0403 e. The van der Waals surface area contributed by atoms with E-state index in [1.54, 1.807) is 0 Å². The molecule has 1 nitrogen and oxygen atoms in total. The van der Waals surface area contributed by atoms with E-state index in [0.717, 1.165) is 16.7 Å². The van der Waals surface area contributed by atoms with Gasteiger partial charge in [-0.2, -0.15) is 0 Å². The van der Waals surface area contributed by atoms with Gasteiger partial charge in [0, 0.05) is 16.7 Å². The van der Waals surface area contributed by atoms with Gasteiger partial charge in [0.25, 0.3) is 0 Å². The van der Waals surface area contributed by atoms with E-state index in [9.17, 15) is 0 Å². The average molecular weight is 304 g/mol. The van der Waals surface area contributed by atoms with Crippen LogP contribution in [0.5, 0.6) is 0 Å². The van der Waals surface area contributed by atoms with Gasteiger partial charge in [0.1, 0.15) is 0 Å². The van der Waals surface area contributed by atoms with Crippen molar-refractivity contribution < 1.29 is 0 Å². The standard InChI is InChI=1S/C16H18BrN/c1-11-5-4-6-14(13(11)3)10-18-15-7-8-16(17)12(2)9-15/h4-9,18H,10H2,1-3H3. The van der Waals surface area contributed by atoms with Crippen molar-refractivity contribution in [3.63, 3.8) is 0 Å². The van der Waals surface area contributed by atoms with E-state index in [1.165, 1.54) is 22.3 Å². The Bertz CT molecular complexity index is 561. The predicted molar refractivity (Wildman–Crippen MR) is 82.1 cm³/mol. The third-order valence-corrected chi connectivity index (χ3v) is 4.25. The predicted octanol–water partition coefficient (Wildman–Crippen LogP) is 4.99. The van der Waals surface area contributed by atoms with Crippen LogP contribution in [0.15, 0.2) is 40.9 Å². The molecule has 0 aliphatic carbocycles. The number of halogens is 1. The van der Waals surface area contributed by atoms with Crippen molar-refractivity contribution in [3.05, 3.63) is 63.1 Å². The summed E-state index contributed by atoms with van der Waals surface area (Å²) >= 11 is 3.52. The molecule has 1 N–H and O–H groups in total. The molecular formula is C16H18BrN. The zero-order chi connectivity index (χ0) is 13.1. The van der Waals surface area contributed by atoms with Gasteiger partial charge in [-0.3, -0.25) is 0 Å². The largest absolute Gasteiger partial charge is 0.381 e. The number of aryl methyl sites for hydroxylation is 2. The highest BCUT2D eigenvalue weighted by Gasteiger charge is 2.01. The number of hydrogen-bond donors (Lipinski definition) is 1. The molecule has 0 aliphatic heterocycles. The summed E-state index contributed by atoms with van der Waals surface area (Å²) in [5, 5.41) is 3.48. The molecule has 0 atom stereocenters. The van der Waals surface area contributed by atoms with Crippen LogP contribution in [-0.2, 0) is 6.54 Å². The summed E-state index contributed by atoms with van der Waals surface area (Å²) in [7, 11) is 0. The van der Waals surface area contributed by atoms with E-state index in [2.05, 4.69) is 78.4 Å². The minimum absolute atomic E-state index is 0.870. The maximum absolute atomic E-state index is 3.52. The molecule has 0 saturated carbocycles. The fourth-order valence-corrected chi connectivity index (χ4v) is 2.20. The fourth-order valence-electron chi connectivity index (χ4n) is 1.96. The van der Waals surface area contributed by atoms with Crippen molar-refractivity contribution in [2.24, 2.45) is 0 Å². The van der Waals surface area contributed by atoms with Crippen LogP contribution in [0.1, 0.15) is 22.3 Å². The molecule has 0 fully saturated rings. The maximum atomic E-state index is 3.52. The van der Waals surface area contributed by atoms with Crippen molar-refractivity contribution >= 4 is 21.6 Å². The number of rotatable bonds is 3. The molecule has 0 heterocycles. The Kier molecular flexibility index (Phi) is 4.07. The van der Waals surface area contributed by atoms with Gasteiger partial charge in [-0.1, -0.05) is 34.1 Å². The molecule has 2 aromatic carbocycles. The molecule has 0 saturated heterocycles. The topological polar surface area (TPSA) is 12.0 Å². The average Bonchev–Trinajstić information content (AvgIpc) is 2.35. The van der Waals surface area contributed by atoms with Crippen molar-refractivity contribution in [3.8, 4) is 0 Å². The van der Waals surface area contributed by atoms with Gasteiger partial charge in [-0.15, -0.1) is 0 Å². The first-order valence-corrected chi connectivity index (χ1v) is 6.92. The second kappa shape index (κ2) is 5.57. The molecule has 18 heavy (non-hydrogen) atoms. The summed E-state index contributed by atoms with van der Waals surface area (Å²) in [4.78, 5) is 0. The van der Waals surface area contributed by atoms with Crippen LogP contribution in [0, 0.1) is 20.8 Å². The van der Waals surface area contributed by atoms with Crippen LogP contribution in [0.3, 0.4) is 0 Å². The maximum Gasteiger partial charge on any atom is 0.0403 e. The SMILES string of the molecule is Cc1cc(NCc2cccc(C)c2C)ccc1Br. The van der Waals surface area contributed by atoms with Crippen LogP contribution in [-0.4, -0.2) is 0 Å². The molecule has 2 heteroatoms. The normalized spacial score (nSPS) is 10.4. The quantitative estimate of drug-likeness (QED) is 0.842. The zero-order valence-electron chi connectivity index (χ0n) is 11.0. The molecule has 0 aliphatic rings. The molecule has 2 aromatic rings. The van der Waals surface area contributed by atoms with Crippen molar-refractivity contribution in [2.45, 2.75) is 27.3 Å². The molecular weight excluding hydrogens is 286 g/mol. The summed E-state index contributed by atoms with van der Waals surface area (Å²) < 4.78 is 1.15. The van der Waals surface area contributed by atoms with E-state index in [-0.39, 0.29) is 0 Å². The van der Waals surface area contributed by atoms with E-state index in [4.69, 9.17) is 0 Å². The minimum Gasteiger partial charge on any atom is -0.381 e. The second-order valence-corrected chi connectivity index (χ2v) is 5.53. The minimum atomic E-state index is 0.870. The van der Waals surface area contributed by atoms with Crippen molar-refractivity contribution in [2.75, 3.05) is 5.32 Å². The van der Waals surface area contributed by atoms with E-state index in [1.807, 2.05) is 0 Å². The van der Waals surface area contributed by atoms with Gasteiger partial charge in [0.2, 0.25) is 0 Å². The first-order chi connectivity index (χ1) is 8.58. The van der Waals surface area contributed by atoms with Crippen molar-refractivity contribution in [1.82, 2.24) is 0 Å². The third kappa shape index (κ3) is 2.94. The Balaban J connectivity index is 2.11. The molecule has 0 amide bonds. The summed E-state index contributed by atoms with van der Waals surface area (Å²) in [6, 6.07) is 12.8. The first-order valence-electron chi connectivity index (χ1n) is 6.13. The highest BCUT2D eigenvalue weighted by atomic mass is 79.9. The lowest BCUT2D eigenvalue weighted by Crippen LogP contribution is -2.02. The van der Waals surface area contributed by atoms with Gasteiger partial charge in [-0.25, -0.2) is 0 Å². The van der Waals surface area contributed by atoms with Crippen LogP contribution < -0.4 is 5.32 Å². The van der Waals surface area contributed by atoms with Crippen LogP contribution in [0.2, 0.25) is 0 Å². The Morgan fingerprint density at radius 3 is 2.50 bits per heavy atom. The van der Waals surface area contributed by atoms with Gasteiger partial charge in [-0.05, 0) is 61.2 Å². The number of hydrogen-bond acceptors (Lipinski definition) is 1. The molecule has 0 aromatic heterocycles. The highest BCUT2D eigenvalue weighted by Crippen LogP contribution is 2.21. The van der Waals surface area contributed by atoms with Gasteiger partial charge in [0.05, 0.1) is 0 Å². The summed E-state index contributed by atoms with van der Waals surface area (Å²) in [6.07, 6.45) is 0. The van der Waals surface area contributed by atoms with E-state index >= 15 is 0 Å². The van der Waals surface area contributed by atoms with Gasteiger partial charge in [0.15, 0.2) is 0 Å². The zero-order valence-corrected chi connectivity index (χ0v) is 12.6. The molecule has 94 valence electrons. The summed E-state index contributed by atoms with van der Waals surface area (Å²) in [6.45, 7) is 7.31. The highest BCUT2D eigenvalue weighted by molar-refractivity contribution is 9.10. The molecule has 0 spiro atoms. The number of nitrogens with one attached hydrogen (secondary N) is 1. The molecule has 0 bridgehead atoms. The monoisotopic (exact) mass is 303 g/mol. The number of anilines is 1. The Hall–Kier alpha value is -1.28. The molecule has 0 radical (unpaired) electrons. The first kappa shape index (κ1) is 13.2. The summed E-state index contributed by atoms with van der Waals surface area (Å²) in [5.74, 6) is 0. The number of benzene rings is 2. The third-order valence-electron chi connectivity index (χ3n) is 3.36. The Morgan fingerprint density at radius 1 is 1.00 bits per heavy atom. The lowest BCUT2D eigenvalue weighted by Gasteiger charge is -2.11. The second-order valence-electron chi connectivity index (χ2n) is 4.68. The van der Waals surface area contributed by atoms with Crippen molar-refractivity contribution in [1.29, 1.82) is 0 Å². The lowest BCUT2D eigenvalue weighted by atomic mass is 10.0. The van der Waals surface area contributed by atoms with E-state index < -0.39 is 0 Å². The van der Waals surface area contributed by atoms with Gasteiger partial charge < -0.3 is 5.32 Å². The Morgan fingerprint density at radius 2 is 1.78 bits per heavy atom. The van der Waals surface area contributed by atoms with Crippen LogP contribution in [0.25, 0.3) is 0 Å². The molecule has 0 unspecified atom stereocenters. The Labute approximate surface area is 117 Å². The van der Waals surface area contributed by atoms with E-state index in [0.29, 0.717) is 0 Å². The van der Waals surface area contributed by atoms with Crippen LogP contribution >= 0.6 is 15.9 Å². The fraction of sp³-hybridized carbons (Fsp3) is 0.250. The van der Waals surface area contributed by atoms with Crippen LogP contribution in [0.4, 0.5) is 5.69 Å².